The van der Waals surface area contributed by atoms with E-state index in [-0.39, 0.29) is 15.6 Å². The predicted molar refractivity (Wildman–Crippen MR) is 117 cm³/mol. The van der Waals surface area contributed by atoms with Gasteiger partial charge in [-0.25, -0.2) is 22.8 Å². The lowest BCUT2D eigenvalue weighted by Gasteiger charge is -2.14. The number of halogens is 1. The molecule has 13 heteroatoms. The Balaban J connectivity index is 1.77. The number of aromatic nitrogens is 5. The van der Waals surface area contributed by atoms with Crippen molar-refractivity contribution in [2.24, 2.45) is 7.05 Å². The summed E-state index contributed by atoms with van der Waals surface area (Å²) in [6.45, 7) is 8.15. The number of carbonyl (C=O) groups is 1. The van der Waals surface area contributed by atoms with E-state index < -0.39 is 24.0 Å². The molecule has 3 rings (SSSR count). The van der Waals surface area contributed by atoms with E-state index in [4.69, 9.17) is 16.3 Å². The van der Waals surface area contributed by atoms with Crippen LogP contribution in [0.2, 0.25) is 24.8 Å². The molecular formula is C18H24ClN6O4SSi+. The molecule has 0 spiro atoms. The Kier molecular flexibility index (Phi) is 6.25. The van der Waals surface area contributed by atoms with Crippen LogP contribution in [0.3, 0.4) is 0 Å². The highest BCUT2D eigenvalue weighted by molar-refractivity contribution is 7.90. The molecule has 0 bridgehead atoms. The number of sulfonamides is 1. The summed E-state index contributed by atoms with van der Waals surface area (Å²) in [6.07, 6.45) is 3.66. The summed E-state index contributed by atoms with van der Waals surface area (Å²) < 4.78 is 35.7. The number of ether oxygens (including phenoxy) is 1. The Morgan fingerprint density at radius 1 is 1.32 bits per heavy atom. The molecule has 0 aliphatic carbocycles. The van der Waals surface area contributed by atoms with Crippen LogP contribution in [-0.4, -0.2) is 48.5 Å². The molecule has 3 heterocycles. The van der Waals surface area contributed by atoms with Gasteiger partial charge in [-0.05, 0) is 19.1 Å². The highest BCUT2D eigenvalue weighted by Gasteiger charge is 2.27. The number of aryl methyl sites for hydroxylation is 2. The SMILES string of the molecule is Cc1[nH][n+](C)cc1S(=O)(=O)NC(=O)c1ccc(-n2ccc(OC[Si](C)(C)C)n2)nc1Cl. The fraction of sp³-hybridized carbons (Fsp3) is 0.333. The first kappa shape index (κ1) is 23.0. The summed E-state index contributed by atoms with van der Waals surface area (Å²) >= 11 is 6.17. The van der Waals surface area contributed by atoms with Crippen LogP contribution in [0.4, 0.5) is 0 Å². The van der Waals surface area contributed by atoms with Crippen molar-refractivity contribution in [2.75, 3.05) is 6.23 Å². The quantitative estimate of drug-likeness (QED) is 0.300. The highest BCUT2D eigenvalue weighted by Crippen LogP contribution is 2.19. The van der Waals surface area contributed by atoms with Crippen LogP contribution in [0.15, 0.2) is 35.5 Å². The average molecular weight is 484 g/mol. The smallest absolute Gasteiger partial charge is 0.272 e. The Labute approximate surface area is 186 Å². The minimum Gasteiger partial charge on any atom is -0.480 e. The number of hydrogen-bond acceptors (Lipinski definition) is 6. The van der Waals surface area contributed by atoms with E-state index >= 15 is 0 Å². The van der Waals surface area contributed by atoms with E-state index in [2.05, 4.69) is 34.8 Å². The van der Waals surface area contributed by atoms with Gasteiger partial charge in [0.2, 0.25) is 12.1 Å². The molecule has 0 saturated heterocycles. The van der Waals surface area contributed by atoms with Gasteiger partial charge in [0.25, 0.3) is 15.9 Å². The van der Waals surface area contributed by atoms with Crippen LogP contribution < -0.4 is 14.1 Å². The van der Waals surface area contributed by atoms with E-state index in [9.17, 15) is 13.2 Å². The normalized spacial score (nSPS) is 12.1. The highest BCUT2D eigenvalue weighted by atomic mass is 35.5. The first-order chi connectivity index (χ1) is 14.4. The summed E-state index contributed by atoms with van der Waals surface area (Å²) in [5.41, 5.74) is 0.321. The lowest BCUT2D eigenvalue weighted by Crippen LogP contribution is -2.32. The minimum atomic E-state index is -4.08. The van der Waals surface area contributed by atoms with Gasteiger partial charge in [-0.1, -0.05) is 31.2 Å². The van der Waals surface area contributed by atoms with Crippen LogP contribution in [0.5, 0.6) is 5.88 Å². The summed E-state index contributed by atoms with van der Waals surface area (Å²) in [4.78, 5) is 16.7. The number of amides is 1. The van der Waals surface area contributed by atoms with Gasteiger partial charge in [-0.15, -0.1) is 9.78 Å². The van der Waals surface area contributed by atoms with Gasteiger partial charge in [-0.3, -0.25) is 4.79 Å². The van der Waals surface area contributed by atoms with Crippen LogP contribution in [-0.2, 0) is 17.1 Å². The first-order valence-electron chi connectivity index (χ1n) is 9.33. The van der Waals surface area contributed by atoms with Gasteiger partial charge in [0.05, 0.1) is 25.6 Å². The zero-order valence-electron chi connectivity index (χ0n) is 17.8. The Bertz CT molecular complexity index is 1230. The fourth-order valence-corrected chi connectivity index (χ4v) is 4.68. The molecule has 166 valence electrons. The summed E-state index contributed by atoms with van der Waals surface area (Å²) in [5, 5.41) is 6.97. The molecule has 2 N–H and O–H groups in total. The Morgan fingerprint density at radius 3 is 2.61 bits per heavy atom. The largest absolute Gasteiger partial charge is 0.480 e. The third-order valence-electron chi connectivity index (χ3n) is 4.07. The second-order valence-corrected chi connectivity index (χ2v) is 15.7. The molecule has 0 radical (unpaired) electrons. The van der Waals surface area contributed by atoms with Crippen molar-refractivity contribution < 1.29 is 22.6 Å². The topological polar surface area (TPSA) is 123 Å². The van der Waals surface area contributed by atoms with Crippen molar-refractivity contribution >= 4 is 35.6 Å². The standard InChI is InChI=1S/C18H23ClN6O4SSi/c1-12-14(10-24(2)21-12)30(27,28)23-18(26)13-6-7-15(20-17(13)19)25-9-8-16(22-25)29-11-31(3,4)5/h6-10H,11H2,1-5H3,(H,23,26)/p+1. The van der Waals surface area contributed by atoms with Crippen molar-refractivity contribution in [3.8, 4) is 11.7 Å². The Morgan fingerprint density at radius 2 is 2.03 bits per heavy atom. The predicted octanol–water partition coefficient (Wildman–Crippen LogP) is 1.76. The van der Waals surface area contributed by atoms with Gasteiger partial charge >= 0.3 is 0 Å². The second kappa shape index (κ2) is 8.44. The van der Waals surface area contributed by atoms with E-state index in [0.717, 1.165) is 0 Å². The minimum absolute atomic E-state index is 0.0357. The maximum atomic E-state index is 12.5. The van der Waals surface area contributed by atoms with Crippen LogP contribution in [0, 0.1) is 6.92 Å². The maximum Gasteiger partial charge on any atom is 0.272 e. The van der Waals surface area contributed by atoms with E-state index in [1.165, 1.54) is 27.7 Å². The summed E-state index contributed by atoms with van der Waals surface area (Å²) in [5.74, 6) is -0.0593. The number of aromatic amines is 1. The molecule has 0 aromatic carbocycles. The molecule has 0 aliphatic rings. The van der Waals surface area contributed by atoms with Gasteiger partial charge < -0.3 is 4.74 Å². The number of carbonyl (C=O) groups excluding carboxylic acids is 1. The third kappa shape index (κ3) is 5.51. The second-order valence-electron chi connectivity index (χ2n) is 8.23. The Hall–Kier alpha value is -2.70. The van der Waals surface area contributed by atoms with Crippen molar-refractivity contribution in [1.29, 1.82) is 0 Å². The number of nitrogens with zero attached hydrogens (tertiary/aromatic N) is 4. The molecule has 10 nitrogen and oxygen atoms in total. The molecule has 3 aromatic heterocycles. The molecule has 0 unspecified atom stereocenters. The van der Waals surface area contributed by atoms with Gasteiger partial charge in [0.15, 0.2) is 17.8 Å². The maximum absolute atomic E-state index is 12.5. The molecule has 0 atom stereocenters. The monoisotopic (exact) mass is 483 g/mol. The number of hydrogen-bond donors (Lipinski definition) is 2. The summed E-state index contributed by atoms with van der Waals surface area (Å²) in [6, 6.07) is 4.62. The molecule has 0 aliphatic heterocycles. The zero-order valence-corrected chi connectivity index (χ0v) is 20.4. The van der Waals surface area contributed by atoms with Gasteiger partial charge in [0.1, 0.15) is 5.15 Å². The third-order valence-corrected chi connectivity index (χ3v) is 6.82. The van der Waals surface area contributed by atoms with Crippen molar-refractivity contribution in [2.45, 2.75) is 31.5 Å². The molecular weight excluding hydrogens is 460 g/mol. The van der Waals surface area contributed by atoms with Crippen molar-refractivity contribution in [3.05, 3.63) is 47.0 Å². The molecule has 31 heavy (non-hydrogen) atoms. The van der Waals surface area contributed by atoms with Crippen LogP contribution in [0.25, 0.3) is 5.82 Å². The van der Waals surface area contributed by atoms with E-state index in [0.29, 0.717) is 23.6 Å². The molecule has 0 fully saturated rings. The lowest BCUT2D eigenvalue weighted by atomic mass is 10.3. The van der Waals surface area contributed by atoms with Gasteiger partial charge in [0, 0.05) is 12.3 Å². The number of pyridine rings is 1. The van der Waals surface area contributed by atoms with Crippen molar-refractivity contribution in [1.82, 2.24) is 24.6 Å². The molecule has 3 aromatic rings. The number of rotatable bonds is 7. The average Bonchev–Trinajstić information content (AvgIpc) is 3.25. The van der Waals surface area contributed by atoms with Crippen LogP contribution >= 0.6 is 11.6 Å². The molecule has 1 amide bonds. The summed E-state index contributed by atoms with van der Waals surface area (Å²) in [7, 11) is -3.83. The van der Waals surface area contributed by atoms with Crippen LogP contribution in [0.1, 0.15) is 16.1 Å². The fourth-order valence-electron chi connectivity index (χ4n) is 2.65. The number of nitrogens with one attached hydrogen (secondary N) is 2. The zero-order chi connectivity index (χ0) is 23.0. The van der Waals surface area contributed by atoms with Crippen molar-refractivity contribution in [3.63, 3.8) is 0 Å². The number of H-pyrrole nitrogens is 1. The van der Waals surface area contributed by atoms with Gasteiger partial charge in [-0.2, -0.15) is 5.10 Å². The molecule has 0 saturated carbocycles. The van der Waals surface area contributed by atoms with E-state index in [1.807, 2.05) is 4.72 Å². The first-order valence-corrected chi connectivity index (χ1v) is 14.9. The van der Waals surface area contributed by atoms with E-state index in [1.54, 1.807) is 26.2 Å². The lowest BCUT2D eigenvalue weighted by molar-refractivity contribution is -0.727.